The van der Waals surface area contributed by atoms with Crippen molar-refractivity contribution in [3.63, 3.8) is 0 Å². The monoisotopic (exact) mass is 375 g/mol. The second-order valence-electron chi connectivity index (χ2n) is 6.59. The fraction of sp³-hybridized carbons (Fsp3) is 0.381. The zero-order chi connectivity index (χ0) is 19.3. The van der Waals surface area contributed by atoms with Gasteiger partial charge in [-0.3, -0.25) is 4.79 Å². The fourth-order valence-corrected chi connectivity index (χ4v) is 2.84. The van der Waals surface area contributed by atoms with Gasteiger partial charge in [-0.1, -0.05) is 17.7 Å². The smallest absolute Gasteiger partial charge is 0.260 e. The summed E-state index contributed by atoms with van der Waals surface area (Å²) >= 11 is 6.15. The zero-order valence-corrected chi connectivity index (χ0v) is 16.7. The molecule has 2 aromatic carbocycles. The van der Waals surface area contributed by atoms with E-state index in [1.54, 1.807) is 6.92 Å². The number of halogens is 1. The third kappa shape index (κ3) is 5.67. The maximum absolute atomic E-state index is 12.2. The highest BCUT2D eigenvalue weighted by Gasteiger charge is 2.15. The summed E-state index contributed by atoms with van der Waals surface area (Å²) in [6.07, 6.45) is -0.601. The molecular formula is C21H26ClNO3. The highest BCUT2D eigenvalue weighted by Crippen LogP contribution is 2.26. The van der Waals surface area contributed by atoms with Crippen molar-refractivity contribution >= 4 is 17.5 Å². The number of ether oxygens (including phenoxy) is 2. The molecule has 0 bridgehead atoms. The third-order valence-corrected chi connectivity index (χ3v) is 4.55. The van der Waals surface area contributed by atoms with Gasteiger partial charge in [-0.25, -0.2) is 0 Å². The van der Waals surface area contributed by atoms with Crippen LogP contribution in [0.25, 0.3) is 0 Å². The largest absolute Gasteiger partial charge is 0.492 e. The lowest BCUT2D eigenvalue weighted by Gasteiger charge is -2.16. The van der Waals surface area contributed by atoms with Crippen molar-refractivity contribution < 1.29 is 14.3 Å². The van der Waals surface area contributed by atoms with Crippen molar-refractivity contribution in [2.75, 3.05) is 13.2 Å². The number of rotatable bonds is 7. The van der Waals surface area contributed by atoms with Gasteiger partial charge >= 0.3 is 0 Å². The summed E-state index contributed by atoms with van der Waals surface area (Å²) in [6, 6.07) is 9.72. The molecule has 0 aromatic heterocycles. The number of benzene rings is 2. The summed E-state index contributed by atoms with van der Waals surface area (Å²) in [6.45, 7) is 10.4. The van der Waals surface area contributed by atoms with E-state index in [9.17, 15) is 4.79 Å². The van der Waals surface area contributed by atoms with E-state index in [1.807, 2.05) is 52.0 Å². The lowest BCUT2D eigenvalue weighted by Crippen LogP contribution is -2.38. The van der Waals surface area contributed by atoms with Crippen LogP contribution in [0.2, 0.25) is 5.02 Å². The number of aryl methyl sites for hydroxylation is 4. The Morgan fingerprint density at radius 2 is 1.58 bits per heavy atom. The van der Waals surface area contributed by atoms with Crippen LogP contribution in [-0.2, 0) is 4.79 Å². The van der Waals surface area contributed by atoms with E-state index in [2.05, 4.69) is 11.4 Å². The molecule has 140 valence electrons. The van der Waals surface area contributed by atoms with Gasteiger partial charge in [0.1, 0.15) is 18.1 Å². The van der Waals surface area contributed by atoms with Crippen LogP contribution in [0.5, 0.6) is 11.5 Å². The van der Waals surface area contributed by atoms with E-state index in [0.717, 1.165) is 33.0 Å². The SMILES string of the molecule is Cc1cc(C)cc(OCCNC(=O)[C@@H](C)Oc2cc(C)c(Cl)c(C)c2)c1. The second kappa shape index (κ2) is 8.95. The van der Waals surface area contributed by atoms with Crippen molar-refractivity contribution in [3.8, 4) is 11.5 Å². The number of hydrogen-bond donors (Lipinski definition) is 1. The third-order valence-electron chi connectivity index (χ3n) is 3.96. The topological polar surface area (TPSA) is 47.6 Å². The Kier molecular flexibility index (Phi) is 6.92. The number of hydrogen-bond acceptors (Lipinski definition) is 3. The standard InChI is InChI=1S/C21H26ClNO3/c1-13-8-14(2)10-18(9-13)25-7-6-23-21(24)17(5)26-19-11-15(3)20(22)16(4)12-19/h8-12,17H,6-7H2,1-5H3,(H,23,24)/t17-/m1/s1. The van der Waals surface area contributed by atoms with Crippen molar-refractivity contribution in [1.29, 1.82) is 0 Å². The van der Waals surface area contributed by atoms with Crippen molar-refractivity contribution in [2.45, 2.75) is 40.7 Å². The van der Waals surface area contributed by atoms with Gasteiger partial charge in [0.05, 0.1) is 6.54 Å². The Morgan fingerprint density at radius 1 is 1.00 bits per heavy atom. The van der Waals surface area contributed by atoms with E-state index in [1.165, 1.54) is 0 Å². The van der Waals surface area contributed by atoms with Gasteiger partial charge in [0.2, 0.25) is 0 Å². The summed E-state index contributed by atoms with van der Waals surface area (Å²) in [7, 11) is 0. The van der Waals surface area contributed by atoms with Crippen LogP contribution in [0.1, 0.15) is 29.2 Å². The fourth-order valence-electron chi connectivity index (χ4n) is 2.73. The second-order valence-corrected chi connectivity index (χ2v) is 6.97. The summed E-state index contributed by atoms with van der Waals surface area (Å²) < 4.78 is 11.4. The molecule has 26 heavy (non-hydrogen) atoms. The molecule has 0 unspecified atom stereocenters. The van der Waals surface area contributed by atoms with Gasteiger partial charge in [-0.15, -0.1) is 0 Å². The van der Waals surface area contributed by atoms with E-state index >= 15 is 0 Å². The van der Waals surface area contributed by atoms with Crippen molar-refractivity contribution in [2.24, 2.45) is 0 Å². The maximum Gasteiger partial charge on any atom is 0.260 e. The summed E-state index contributed by atoms with van der Waals surface area (Å²) in [5, 5.41) is 3.55. The Labute approximate surface area is 160 Å². The van der Waals surface area contributed by atoms with E-state index in [-0.39, 0.29) is 5.91 Å². The molecule has 0 aliphatic heterocycles. The molecule has 0 saturated carbocycles. The predicted molar refractivity (Wildman–Crippen MR) is 105 cm³/mol. The number of nitrogens with one attached hydrogen (secondary N) is 1. The van der Waals surface area contributed by atoms with Gasteiger partial charge in [0, 0.05) is 5.02 Å². The van der Waals surface area contributed by atoms with E-state index in [0.29, 0.717) is 18.9 Å². The van der Waals surface area contributed by atoms with Crippen LogP contribution < -0.4 is 14.8 Å². The van der Waals surface area contributed by atoms with Gasteiger partial charge in [0.15, 0.2) is 6.10 Å². The quantitative estimate of drug-likeness (QED) is 0.723. The molecule has 0 heterocycles. The first-order chi connectivity index (χ1) is 12.3. The number of carbonyl (C=O) groups excluding carboxylic acids is 1. The molecular weight excluding hydrogens is 350 g/mol. The van der Waals surface area contributed by atoms with Crippen LogP contribution in [0.4, 0.5) is 0 Å². The van der Waals surface area contributed by atoms with E-state index < -0.39 is 6.10 Å². The average molecular weight is 376 g/mol. The molecule has 0 fully saturated rings. The maximum atomic E-state index is 12.2. The Morgan fingerprint density at radius 3 is 2.15 bits per heavy atom. The molecule has 0 spiro atoms. The molecule has 1 amide bonds. The van der Waals surface area contributed by atoms with Crippen LogP contribution >= 0.6 is 11.6 Å². The van der Waals surface area contributed by atoms with Gasteiger partial charge < -0.3 is 14.8 Å². The highest BCUT2D eigenvalue weighted by molar-refractivity contribution is 6.32. The van der Waals surface area contributed by atoms with Gasteiger partial charge in [0.25, 0.3) is 5.91 Å². The van der Waals surface area contributed by atoms with Crippen LogP contribution in [0.15, 0.2) is 30.3 Å². The molecule has 0 saturated heterocycles. The minimum atomic E-state index is -0.601. The van der Waals surface area contributed by atoms with Crippen LogP contribution in [0.3, 0.4) is 0 Å². The average Bonchev–Trinajstić information content (AvgIpc) is 2.55. The summed E-state index contributed by atoms with van der Waals surface area (Å²) in [4.78, 5) is 12.2. The Hall–Kier alpha value is -2.20. The number of amides is 1. The van der Waals surface area contributed by atoms with Crippen molar-refractivity contribution in [1.82, 2.24) is 5.32 Å². The first-order valence-electron chi connectivity index (χ1n) is 8.68. The molecule has 5 heteroatoms. The van der Waals surface area contributed by atoms with Gasteiger partial charge in [-0.05, 0) is 81.1 Å². The molecule has 1 atom stereocenters. The van der Waals surface area contributed by atoms with Crippen LogP contribution in [-0.4, -0.2) is 25.2 Å². The summed E-state index contributed by atoms with van der Waals surface area (Å²) in [5.41, 5.74) is 4.16. The lowest BCUT2D eigenvalue weighted by molar-refractivity contribution is -0.127. The highest BCUT2D eigenvalue weighted by atomic mass is 35.5. The molecule has 4 nitrogen and oxygen atoms in total. The summed E-state index contributed by atoms with van der Waals surface area (Å²) in [5.74, 6) is 1.27. The van der Waals surface area contributed by atoms with Crippen LogP contribution in [0, 0.1) is 27.7 Å². The molecule has 0 aliphatic rings. The molecule has 2 aromatic rings. The number of carbonyl (C=O) groups is 1. The van der Waals surface area contributed by atoms with Crippen molar-refractivity contribution in [3.05, 3.63) is 57.6 Å². The minimum absolute atomic E-state index is 0.181. The Balaban J connectivity index is 1.80. The normalized spacial score (nSPS) is 11.8. The first-order valence-corrected chi connectivity index (χ1v) is 9.06. The van der Waals surface area contributed by atoms with E-state index in [4.69, 9.17) is 21.1 Å². The lowest BCUT2D eigenvalue weighted by atomic mass is 10.1. The first kappa shape index (κ1) is 20.1. The zero-order valence-electron chi connectivity index (χ0n) is 16.0. The Bertz CT molecular complexity index is 746. The molecule has 1 N–H and O–H groups in total. The molecule has 2 rings (SSSR count). The predicted octanol–water partition coefficient (Wildman–Crippen LogP) is 4.54. The molecule has 0 radical (unpaired) electrons. The molecule has 0 aliphatic carbocycles. The minimum Gasteiger partial charge on any atom is -0.492 e. The van der Waals surface area contributed by atoms with Gasteiger partial charge in [-0.2, -0.15) is 0 Å².